The van der Waals surface area contributed by atoms with Crippen molar-refractivity contribution in [1.82, 2.24) is 10.3 Å². The molecule has 2 rings (SSSR count). The van der Waals surface area contributed by atoms with Crippen LogP contribution in [-0.4, -0.2) is 18.1 Å². The Morgan fingerprint density at radius 3 is 2.70 bits per heavy atom. The van der Waals surface area contributed by atoms with Crippen LogP contribution in [0.4, 0.5) is 8.78 Å². The molecule has 0 atom stereocenters. The van der Waals surface area contributed by atoms with E-state index in [2.05, 4.69) is 22.0 Å². The van der Waals surface area contributed by atoms with E-state index in [0.717, 1.165) is 35.0 Å². The molecule has 1 N–H and O–H groups in total. The van der Waals surface area contributed by atoms with Crippen LogP contribution < -0.4 is 10.1 Å². The molecule has 0 unspecified atom stereocenters. The summed E-state index contributed by atoms with van der Waals surface area (Å²) in [6, 6.07) is 6.52. The van der Waals surface area contributed by atoms with Crippen molar-refractivity contribution in [1.29, 1.82) is 0 Å². The average molecular weight is 298 g/mol. The number of thiazole rings is 1. The third kappa shape index (κ3) is 4.25. The van der Waals surface area contributed by atoms with Crippen molar-refractivity contribution in [3.05, 3.63) is 35.3 Å². The zero-order valence-corrected chi connectivity index (χ0v) is 11.9. The average Bonchev–Trinajstić information content (AvgIpc) is 2.88. The van der Waals surface area contributed by atoms with Crippen LogP contribution in [-0.2, 0) is 6.54 Å². The Balaban J connectivity index is 2.00. The molecular weight excluding hydrogens is 282 g/mol. The topological polar surface area (TPSA) is 34.2 Å². The first-order valence-electron chi connectivity index (χ1n) is 6.39. The second kappa shape index (κ2) is 7.31. The predicted octanol–water partition coefficient (Wildman–Crippen LogP) is 3.91. The van der Waals surface area contributed by atoms with Crippen LogP contribution in [0.3, 0.4) is 0 Å². The number of halogens is 2. The molecule has 1 aromatic heterocycles. The number of alkyl halides is 2. The van der Waals surface area contributed by atoms with Gasteiger partial charge in [-0.2, -0.15) is 8.78 Å². The van der Waals surface area contributed by atoms with Gasteiger partial charge in [-0.05, 0) is 37.2 Å². The number of benzene rings is 1. The fraction of sp³-hybridized carbons (Fsp3) is 0.357. The Morgan fingerprint density at radius 2 is 2.05 bits per heavy atom. The lowest BCUT2D eigenvalue weighted by Gasteiger charge is -2.04. The Labute approximate surface area is 120 Å². The molecule has 6 heteroatoms. The molecule has 0 bridgehead atoms. The molecule has 0 radical (unpaired) electrons. The Morgan fingerprint density at radius 1 is 1.30 bits per heavy atom. The highest BCUT2D eigenvalue weighted by molar-refractivity contribution is 7.15. The van der Waals surface area contributed by atoms with Crippen molar-refractivity contribution >= 4 is 11.3 Å². The van der Waals surface area contributed by atoms with Gasteiger partial charge < -0.3 is 10.1 Å². The van der Waals surface area contributed by atoms with Crippen LogP contribution in [0.15, 0.2) is 30.5 Å². The fourth-order valence-corrected chi connectivity index (χ4v) is 2.58. The van der Waals surface area contributed by atoms with E-state index in [-0.39, 0.29) is 5.75 Å². The smallest absolute Gasteiger partial charge is 0.387 e. The van der Waals surface area contributed by atoms with Crippen LogP contribution >= 0.6 is 11.3 Å². The summed E-state index contributed by atoms with van der Waals surface area (Å²) in [5.74, 6) is 0.158. The van der Waals surface area contributed by atoms with Gasteiger partial charge in [0.25, 0.3) is 0 Å². The molecule has 0 spiro atoms. The van der Waals surface area contributed by atoms with Gasteiger partial charge in [0, 0.05) is 23.2 Å². The lowest BCUT2D eigenvalue weighted by molar-refractivity contribution is -0.0498. The number of ether oxygens (including phenoxy) is 1. The van der Waals surface area contributed by atoms with Gasteiger partial charge in [-0.3, -0.25) is 0 Å². The van der Waals surface area contributed by atoms with Crippen LogP contribution in [0, 0.1) is 0 Å². The Kier molecular flexibility index (Phi) is 5.43. The molecule has 0 fully saturated rings. The van der Waals surface area contributed by atoms with Gasteiger partial charge in [0.05, 0.1) is 0 Å². The molecular formula is C14H16F2N2OS. The largest absolute Gasteiger partial charge is 0.435 e. The van der Waals surface area contributed by atoms with Crippen molar-refractivity contribution in [3.8, 4) is 16.3 Å². The van der Waals surface area contributed by atoms with E-state index >= 15 is 0 Å². The van der Waals surface area contributed by atoms with Crippen molar-refractivity contribution in [2.24, 2.45) is 0 Å². The fourth-order valence-electron chi connectivity index (χ4n) is 1.69. The van der Waals surface area contributed by atoms with E-state index in [4.69, 9.17) is 0 Å². The summed E-state index contributed by atoms with van der Waals surface area (Å²) in [4.78, 5) is 5.50. The number of nitrogens with zero attached hydrogens (tertiary/aromatic N) is 1. The van der Waals surface area contributed by atoms with Gasteiger partial charge in [-0.15, -0.1) is 11.3 Å². The third-order valence-corrected chi connectivity index (χ3v) is 3.65. The third-order valence-electron chi connectivity index (χ3n) is 2.61. The molecule has 0 saturated carbocycles. The zero-order valence-electron chi connectivity index (χ0n) is 11.1. The number of hydrogen-bond acceptors (Lipinski definition) is 4. The molecule has 20 heavy (non-hydrogen) atoms. The first kappa shape index (κ1) is 14.9. The molecule has 0 aliphatic rings. The SMILES string of the molecule is CCCNCc1cnc(-c2ccc(OC(F)F)cc2)s1. The van der Waals surface area contributed by atoms with Crippen LogP contribution in [0.1, 0.15) is 18.2 Å². The monoisotopic (exact) mass is 298 g/mol. The maximum Gasteiger partial charge on any atom is 0.387 e. The molecule has 2 aromatic rings. The predicted molar refractivity (Wildman–Crippen MR) is 76.2 cm³/mol. The zero-order chi connectivity index (χ0) is 14.4. The van der Waals surface area contributed by atoms with Crippen molar-refractivity contribution in [3.63, 3.8) is 0 Å². The number of hydrogen-bond donors (Lipinski definition) is 1. The molecule has 0 aliphatic heterocycles. The number of nitrogens with one attached hydrogen (secondary N) is 1. The number of rotatable bonds is 7. The van der Waals surface area contributed by atoms with Gasteiger partial charge in [0.2, 0.25) is 0 Å². The van der Waals surface area contributed by atoms with Gasteiger partial charge in [0.15, 0.2) is 0 Å². The lowest BCUT2D eigenvalue weighted by atomic mass is 10.2. The van der Waals surface area contributed by atoms with E-state index in [1.807, 2.05) is 6.20 Å². The molecule has 108 valence electrons. The van der Waals surface area contributed by atoms with E-state index in [1.54, 1.807) is 23.5 Å². The quantitative estimate of drug-likeness (QED) is 0.787. The second-order valence-corrected chi connectivity index (χ2v) is 5.33. The van der Waals surface area contributed by atoms with Crippen molar-refractivity contribution < 1.29 is 13.5 Å². The first-order chi connectivity index (χ1) is 9.69. The minimum atomic E-state index is -2.79. The summed E-state index contributed by atoms with van der Waals surface area (Å²) in [6.45, 7) is 1.11. The van der Waals surface area contributed by atoms with E-state index in [1.165, 1.54) is 12.1 Å². The summed E-state index contributed by atoms with van der Waals surface area (Å²) in [7, 11) is 0. The standard InChI is InChI=1S/C14H16F2N2OS/c1-2-7-17-8-12-9-18-13(20-12)10-3-5-11(6-4-10)19-14(15)16/h3-6,9,14,17H,2,7-8H2,1H3. The maximum absolute atomic E-state index is 12.1. The minimum absolute atomic E-state index is 0.158. The summed E-state index contributed by atoms with van der Waals surface area (Å²) in [5, 5.41) is 4.19. The van der Waals surface area contributed by atoms with Gasteiger partial charge in [0.1, 0.15) is 10.8 Å². The van der Waals surface area contributed by atoms with Gasteiger partial charge in [-0.25, -0.2) is 4.98 Å². The molecule has 0 amide bonds. The van der Waals surface area contributed by atoms with E-state index in [0.29, 0.717) is 0 Å². The highest BCUT2D eigenvalue weighted by Crippen LogP contribution is 2.27. The van der Waals surface area contributed by atoms with E-state index < -0.39 is 6.61 Å². The first-order valence-corrected chi connectivity index (χ1v) is 7.21. The maximum atomic E-state index is 12.1. The molecule has 1 aromatic carbocycles. The van der Waals surface area contributed by atoms with Crippen molar-refractivity contribution in [2.75, 3.05) is 6.54 Å². The number of aromatic nitrogens is 1. The molecule has 0 aliphatic carbocycles. The molecule has 3 nitrogen and oxygen atoms in total. The van der Waals surface area contributed by atoms with Crippen molar-refractivity contribution in [2.45, 2.75) is 26.5 Å². The van der Waals surface area contributed by atoms with Gasteiger partial charge in [-0.1, -0.05) is 6.92 Å². The summed E-state index contributed by atoms with van der Waals surface area (Å²) in [5.41, 5.74) is 0.901. The minimum Gasteiger partial charge on any atom is -0.435 e. The normalized spacial score (nSPS) is 11.0. The molecule has 1 heterocycles. The lowest BCUT2D eigenvalue weighted by Crippen LogP contribution is -2.12. The van der Waals surface area contributed by atoms with Gasteiger partial charge >= 0.3 is 6.61 Å². The van der Waals surface area contributed by atoms with Crippen LogP contribution in [0.2, 0.25) is 0 Å². The summed E-state index contributed by atoms with van der Waals surface area (Å²) >= 11 is 1.59. The highest BCUT2D eigenvalue weighted by Gasteiger charge is 2.07. The highest BCUT2D eigenvalue weighted by atomic mass is 32.1. The summed E-state index contributed by atoms with van der Waals surface area (Å²) < 4.78 is 28.4. The van der Waals surface area contributed by atoms with Crippen LogP contribution in [0.5, 0.6) is 5.75 Å². The summed E-state index contributed by atoms with van der Waals surface area (Å²) in [6.07, 6.45) is 2.93. The Hall–Kier alpha value is -1.53. The van der Waals surface area contributed by atoms with E-state index in [9.17, 15) is 8.78 Å². The molecule has 0 saturated heterocycles. The Bertz CT molecular complexity index is 528. The van der Waals surface area contributed by atoms with Crippen LogP contribution in [0.25, 0.3) is 10.6 Å². The second-order valence-electron chi connectivity index (χ2n) is 4.21.